The third-order valence-corrected chi connectivity index (χ3v) is 4.75. The Balaban J connectivity index is 2.20. The molecule has 1 unspecified atom stereocenters. The van der Waals surface area contributed by atoms with E-state index in [2.05, 4.69) is 37.0 Å². The number of hydrogen-bond donors (Lipinski definition) is 2. The molecule has 1 heterocycles. The molecule has 0 saturated heterocycles. The normalized spacial score (nSPS) is 27.5. The monoisotopic (exact) mass is 243 g/mol. The van der Waals surface area contributed by atoms with Gasteiger partial charge in [-0.1, -0.05) is 38.8 Å². The van der Waals surface area contributed by atoms with Gasteiger partial charge < -0.3 is 10.1 Å². The largest absolute Gasteiger partial charge is 0.385 e. The molecule has 1 aliphatic rings. The molecule has 2 N–H and O–H groups in total. The first kappa shape index (κ1) is 11.8. The van der Waals surface area contributed by atoms with Crippen LogP contribution in [0.4, 0.5) is 0 Å². The van der Waals surface area contributed by atoms with Crippen LogP contribution in [0.1, 0.15) is 45.1 Å². The van der Waals surface area contributed by atoms with Crippen LogP contribution in [0.3, 0.4) is 0 Å². The number of benzene rings is 1. The van der Waals surface area contributed by atoms with Crippen LogP contribution >= 0.6 is 0 Å². The summed E-state index contributed by atoms with van der Waals surface area (Å²) in [6.45, 7) is 4.38. The molecular weight excluding hydrogens is 222 g/mol. The fourth-order valence-corrected chi connectivity index (χ4v) is 3.44. The van der Waals surface area contributed by atoms with E-state index in [9.17, 15) is 5.11 Å². The van der Waals surface area contributed by atoms with Crippen LogP contribution in [-0.2, 0) is 5.60 Å². The lowest BCUT2D eigenvalue weighted by Gasteiger charge is -2.47. The van der Waals surface area contributed by atoms with Crippen molar-refractivity contribution in [2.45, 2.75) is 45.1 Å². The van der Waals surface area contributed by atoms with E-state index >= 15 is 0 Å². The van der Waals surface area contributed by atoms with E-state index in [0.29, 0.717) is 0 Å². The van der Waals surface area contributed by atoms with E-state index in [1.54, 1.807) is 0 Å². The number of nitrogens with one attached hydrogen (secondary N) is 1. The molecule has 1 saturated carbocycles. The summed E-state index contributed by atoms with van der Waals surface area (Å²) in [7, 11) is 0. The average Bonchev–Trinajstić information content (AvgIpc) is 2.80. The minimum atomic E-state index is -0.701. The maximum Gasteiger partial charge on any atom is 0.0953 e. The summed E-state index contributed by atoms with van der Waals surface area (Å²) in [5, 5.41) is 12.4. The van der Waals surface area contributed by atoms with Crippen LogP contribution in [0.25, 0.3) is 10.9 Å². The molecule has 3 rings (SSSR count). The van der Waals surface area contributed by atoms with Gasteiger partial charge in [0.05, 0.1) is 5.60 Å². The molecule has 0 radical (unpaired) electrons. The molecule has 2 nitrogen and oxygen atoms in total. The lowest BCUT2D eigenvalue weighted by molar-refractivity contribution is -0.102. The molecule has 18 heavy (non-hydrogen) atoms. The van der Waals surface area contributed by atoms with Gasteiger partial charge in [-0.25, -0.2) is 0 Å². The van der Waals surface area contributed by atoms with Crippen molar-refractivity contribution in [2.24, 2.45) is 5.41 Å². The van der Waals surface area contributed by atoms with Crippen molar-refractivity contribution in [2.75, 3.05) is 0 Å². The zero-order chi connectivity index (χ0) is 12.8. The number of fused-ring (bicyclic) bond motifs is 1. The van der Waals surface area contributed by atoms with Crippen molar-refractivity contribution in [1.29, 1.82) is 0 Å². The first-order chi connectivity index (χ1) is 8.55. The predicted molar refractivity (Wildman–Crippen MR) is 74.4 cm³/mol. The molecule has 0 bridgehead atoms. The Morgan fingerprint density at radius 1 is 1.11 bits per heavy atom. The second kappa shape index (κ2) is 3.86. The van der Waals surface area contributed by atoms with E-state index in [1.165, 1.54) is 6.42 Å². The first-order valence-corrected chi connectivity index (χ1v) is 6.84. The van der Waals surface area contributed by atoms with Crippen LogP contribution in [0.5, 0.6) is 0 Å². The van der Waals surface area contributed by atoms with E-state index in [1.807, 2.05) is 12.3 Å². The van der Waals surface area contributed by atoms with Crippen molar-refractivity contribution < 1.29 is 5.11 Å². The molecule has 0 aliphatic heterocycles. The Hall–Kier alpha value is -1.28. The third-order valence-electron chi connectivity index (χ3n) is 4.75. The third kappa shape index (κ3) is 1.52. The Morgan fingerprint density at radius 2 is 1.89 bits per heavy atom. The van der Waals surface area contributed by atoms with Crippen molar-refractivity contribution in [3.8, 4) is 0 Å². The molecule has 2 aromatic rings. The summed E-state index contributed by atoms with van der Waals surface area (Å²) < 4.78 is 0. The van der Waals surface area contributed by atoms with Crippen LogP contribution in [-0.4, -0.2) is 10.1 Å². The molecule has 2 heteroatoms. The second-order valence-corrected chi connectivity index (χ2v) is 6.20. The zero-order valence-electron chi connectivity index (χ0n) is 11.2. The minimum absolute atomic E-state index is 0.0587. The highest BCUT2D eigenvalue weighted by molar-refractivity contribution is 5.83. The maximum absolute atomic E-state index is 11.3. The van der Waals surface area contributed by atoms with Crippen LogP contribution in [0.2, 0.25) is 0 Å². The van der Waals surface area contributed by atoms with E-state index in [4.69, 9.17) is 0 Å². The van der Waals surface area contributed by atoms with Crippen molar-refractivity contribution >= 4 is 10.9 Å². The summed E-state index contributed by atoms with van der Waals surface area (Å²) in [6.07, 6.45) is 6.24. The minimum Gasteiger partial charge on any atom is -0.385 e. The van der Waals surface area contributed by atoms with Gasteiger partial charge in [-0.15, -0.1) is 0 Å². The van der Waals surface area contributed by atoms with Crippen LogP contribution < -0.4 is 0 Å². The molecule has 0 spiro atoms. The summed E-state index contributed by atoms with van der Waals surface area (Å²) in [4.78, 5) is 3.23. The molecule has 96 valence electrons. The van der Waals surface area contributed by atoms with Gasteiger partial charge in [0.1, 0.15) is 0 Å². The summed E-state index contributed by atoms with van der Waals surface area (Å²) in [6, 6.07) is 8.27. The molecule has 1 aromatic heterocycles. The SMILES string of the molecule is CC1(C)CCCCC1(O)c1cccc2[nH]ccc12. The Labute approximate surface area is 108 Å². The number of aliphatic hydroxyl groups is 1. The van der Waals surface area contributed by atoms with Gasteiger partial charge in [-0.05, 0) is 36.0 Å². The topological polar surface area (TPSA) is 36.0 Å². The Bertz CT molecular complexity index is 569. The zero-order valence-corrected chi connectivity index (χ0v) is 11.2. The first-order valence-electron chi connectivity index (χ1n) is 6.84. The molecule has 1 fully saturated rings. The summed E-state index contributed by atoms with van der Waals surface area (Å²) in [5.74, 6) is 0. The lowest BCUT2D eigenvalue weighted by atomic mass is 9.62. The smallest absolute Gasteiger partial charge is 0.0953 e. The van der Waals surface area contributed by atoms with Gasteiger partial charge in [-0.2, -0.15) is 0 Å². The standard InChI is InChI=1S/C16H21NO/c1-15(2)9-3-4-10-16(15,18)13-6-5-7-14-12(13)8-11-17-14/h5-8,11,17-18H,3-4,9-10H2,1-2H3. The van der Waals surface area contributed by atoms with Crippen LogP contribution in [0, 0.1) is 5.41 Å². The number of aromatic nitrogens is 1. The molecule has 1 aliphatic carbocycles. The molecule has 1 atom stereocenters. The highest BCUT2D eigenvalue weighted by Crippen LogP contribution is 2.51. The summed E-state index contributed by atoms with van der Waals surface area (Å²) in [5.41, 5.74) is 1.44. The fraction of sp³-hybridized carbons (Fsp3) is 0.500. The average molecular weight is 243 g/mol. The van der Waals surface area contributed by atoms with Gasteiger partial charge in [0.15, 0.2) is 0 Å². The van der Waals surface area contributed by atoms with E-state index in [-0.39, 0.29) is 5.41 Å². The number of hydrogen-bond acceptors (Lipinski definition) is 1. The van der Waals surface area contributed by atoms with Crippen molar-refractivity contribution in [1.82, 2.24) is 4.98 Å². The van der Waals surface area contributed by atoms with E-state index < -0.39 is 5.60 Å². The van der Waals surface area contributed by atoms with Gasteiger partial charge in [0.25, 0.3) is 0 Å². The quantitative estimate of drug-likeness (QED) is 0.781. The second-order valence-electron chi connectivity index (χ2n) is 6.20. The van der Waals surface area contributed by atoms with Gasteiger partial charge >= 0.3 is 0 Å². The molecule has 0 amide bonds. The number of aromatic amines is 1. The lowest BCUT2D eigenvalue weighted by Crippen LogP contribution is -2.44. The van der Waals surface area contributed by atoms with Crippen molar-refractivity contribution in [3.63, 3.8) is 0 Å². The molecular formula is C16H21NO. The summed E-state index contributed by atoms with van der Waals surface area (Å²) >= 11 is 0. The number of rotatable bonds is 1. The molecule has 1 aromatic carbocycles. The van der Waals surface area contributed by atoms with Gasteiger partial charge in [0, 0.05) is 17.1 Å². The number of H-pyrrole nitrogens is 1. The Kier molecular flexibility index (Phi) is 2.53. The van der Waals surface area contributed by atoms with Crippen LogP contribution in [0.15, 0.2) is 30.5 Å². The maximum atomic E-state index is 11.3. The van der Waals surface area contributed by atoms with E-state index in [0.717, 1.165) is 35.7 Å². The Morgan fingerprint density at radius 3 is 2.67 bits per heavy atom. The predicted octanol–water partition coefficient (Wildman–Crippen LogP) is 3.96. The highest BCUT2D eigenvalue weighted by atomic mass is 16.3. The van der Waals surface area contributed by atoms with Gasteiger partial charge in [-0.3, -0.25) is 0 Å². The van der Waals surface area contributed by atoms with Gasteiger partial charge in [0.2, 0.25) is 0 Å². The fourth-order valence-electron chi connectivity index (χ4n) is 3.44. The highest BCUT2D eigenvalue weighted by Gasteiger charge is 2.46. The van der Waals surface area contributed by atoms with Crippen molar-refractivity contribution in [3.05, 3.63) is 36.0 Å².